The first-order valence-corrected chi connectivity index (χ1v) is 14.0. The lowest BCUT2D eigenvalue weighted by Gasteiger charge is -2.23. The molecule has 0 radical (unpaired) electrons. The molecule has 0 aliphatic carbocycles. The molecular weight excluding hydrogens is 504 g/mol. The van der Waals surface area contributed by atoms with E-state index in [1.807, 2.05) is 54.7 Å². The standard InChI is InChI=1S/C26H30N8OS2/c1-6-20-23(32(5)24-29-22(21(13-27)36-24)18-9-7-16(2)8-10-18)34-25(28-20)37-26(30-34)33-12-11-19(15-33)31(4)14-17(3)35/h7-10,19H,6,11-12,14-15H2,1-5H3. The van der Waals surface area contributed by atoms with Gasteiger partial charge in [0.25, 0.3) is 0 Å². The smallest absolute Gasteiger partial charge is 0.216 e. The molecule has 3 aromatic heterocycles. The van der Waals surface area contributed by atoms with E-state index in [2.05, 4.69) is 22.8 Å². The maximum absolute atomic E-state index is 11.6. The molecule has 0 bridgehead atoms. The minimum absolute atomic E-state index is 0.181. The van der Waals surface area contributed by atoms with Crippen LogP contribution in [0.5, 0.6) is 0 Å². The second-order valence-corrected chi connectivity index (χ2v) is 11.4. The Bertz CT molecular complexity index is 1480. The van der Waals surface area contributed by atoms with Gasteiger partial charge in [-0.05, 0) is 33.7 Å². The van der Waals surface area contributed by atoms with Crippen LogP contribution in [0.1, 0.15) is 36.4 Å². The van der Waals surface area contributed by atoms with Crippen molar-refractivity contribution in [2.24, 2.45) is 0 Å². The number of hydrogen-bond donors (Lipinski definition) is 0. The Labute approximate surface area is 224 Å². The molecule has 4 heterocycles. The molecule has 0 N–H and O–H groups in total. The number of anilines is 3. The second-order valence-electron chi connectivity index (χ2n) is 9.53. The number of nitriles is 1. The molecule has 1 aliphatic rings. The minimum Gasteiger partial charge on any atom is -0.345 e. The maximum atomic E-state index is 11.6. The summed E-state index contributed by atoms with van der Waals surface area (Å²) in [6, 6.07) is 10.7. The molecule has 1 unspecified atom stereocenters. The molecule has 1 aromatic carbocycles. The molecule has 1 atom stereocenters. The number of carbonyl (C=O) groups is 1. The van der Waals surface area contributed by atoms with Crippen molar-refractivity contribution >= 4 is 49.5 Å². The van der Waals surface area contributed by atoms with Crippen molar-refractivity contribution < 1.29 is 4.79 Å². The van der Waals surface area contributed by atoms with Crippen LogP contribution in [0.25, 0.3) is 16.2 Å². The molecule has 1 fully saturated rings. The van der Waals surface area contributed by atoms with Gasteiger partial charge in [0.15, 0.2) is 10.9 Å². The number of imidazole rings is 1. The number of Topliss-reactive ketones (excluding diaryl/α,β-unsaturated/α-hetero) is 1. The van der Waals surface area contributed by atoms with Crippen molar-refractivity contribution in [3.05, 3.63) is 40.4 Å². The van der Waals surface area contributed by atoms with E-state index in [0.29, 0.717) is 23.2 Å². The van der Waals surface area contributed by atoms with Crippen LogP contribution >= 0.6 is 22.7 Å². The zero-order valence-electron chi connectivity index (χ0n) is 21.7. The van der Waals surface area contributed by atoms with Gasteiger partial charge in [0.2, 0.25) is 10.1 Å². The predicted molar refractivity (Wildman–Crippen MR) is 149 cm³/mol. The highest BCUT2D eigenvalue weighted by molar-refractivity contribution is 7.20. The van der Waals surface area contributed by atoms with E-state index in [1.54, 1.807) is 18.3 Å². The van der Waals surface area contributed by atoms with Crippen LogP contribution in [0.2, 0.25) is 0 Å². The summed E-state index contributed by atoms with van der Waals surface area (Å²) in [7, 11) is 3.97. The fraction of sp³-hybridized carbons (Fsp3) is 0.423. The first-order valence-electron chi connectivity index (χ1n) is 12.3. The Balaban J connectivity index is 1.46. The molecule has 0 saturated carbocycles. The van der Waals surface area contributed by atoms with Crippen LogP contribution < -0.4 is 9.80 Å². The summed E-state index contributed by atoms with van der Waals surface area (Å²) in [6.07, 6.45) is 1.75. The summed E-state index contributed by atoms with van der Waals surface area (Å²) >= 11 is 2.96. The molecule has 9 nitrogen and oxygen atoms in total. The highest BCUT2D eigenvalue weighted by Crippen LogP contribution is 2.38. The Morgan fingerprint density at radius 1 is 1.22 bits per heavy atom. The lowest BCUT2D eigenvalue weighted by molar-refractivity contribution is -0.118. The summed E-state index contributed by atoms with van der Waals surface area (Å²) in [5.41, 5.74) is 3.74. The number of nitrogens with zero attached hydrogens (tertiary/aromatic N) is 8. The molecule has 1 saturated heterocycles. The van der Waals surface area contributed by atoms with E-state index in [0.717, 1.165) is 58.2 Å². The Kier molecular flexibility index (Phi) is 6.98. The topological polar surface area (TPSA) is 93.7 Å². The second kappa shape index (κ2) is 10.2. The van der Waals surface area contributed by atoms with E-state index >= 15 is 0 Å². The third-order valence-corrected chi connectivity index (χ3v) is 8.76. The summed E-state index contributed by atoms with van der Waals surface area (Å²) in [5.74, 6) is 1.05. The van der Waals surface area contributed by atoms with Crippen LogP contribution in [0.4, 0.5) is 16.1 Å². The fourth-order valence-electron chi connectivity index (χ4n) is 4.75. The number of fused-ring (bicyclic) bond motifs is 1. The quantitative estimate of drug-likeness (QED) is 0.326. The van der Waals surface area contributed by atoms with E-state index in [9.17, 15) is 10.1 Å². The van der Waals surface area contributed by atoms with Crippen LogP contribution in [-0.4, -0.2) is 70.0 Å². The lowest BCUT2D eigenvalue weighted by Crippen LogP contribution is -2.37. The number of carbonyl (C=O) groups excluding carboxylic acids is 1. The number of benzene rings is 1. The summed E-state index contributed by atoms with van der Waals surface area (Å²) in [4.78, 5) is 29.2. The van der Waals surface area contributed by atoms with Gasteiger partial charge in [0, 0.05) is 31.7 Å². The summed E-state index contributed by atoms with van der Waals surface area (Å²) in [5, 5.41) is 16.4. The number of likely N-dealkylation sites (N-methyl/N-ethyl adjacent to an activating group) is 1. The van der Waals surface area contributed by atoms with Crippen LogP contribution in [0, 0.1) is 18.3 Å². The summed E-state index contributed by atoms with van der Waals surface area (Å²) in [6.45, 7) is 7.96. The first-order chi connectivity index (χ1) is 17.8. The van der Waals surface area contributed by atoms with Crippen molar-refractivity contribution in [3.63, 3.8) is 0 Å². The SMILES string of the molecule is CCc1nc2sc(N3CCC(N(C)CC(C)=O)C3)nn2c1N(C)c1nc(-c2ccc(C)cc2)c(C#N)s1. The molecule has 37 heavy (non-hydrogen) atoms. The number of rotatable bonds is 8. The molecule has 0 spiro atoms. The Morgan fingerprint density at radius 2 is 1.97 bits per heavy atom. The molecule has 5 rings (SSSR count). The summed E-state index contributed by atoms with van der Waals surface area (Å²) < 4.78 is 1.91. The van der Waals surface area contributed by atoms with Gasteiger partial charge in [-0.25, -0.2) is 9.97 Å². The number of ketones is 1. The van der Waals surface area contributed by atoms with Crippen molar-refractivity contribution in [3.8, 4) is 17.3 Å². The van der Waals surface area contributed by atoms with E-state index < -0.39 is 0 Å². The van der Waals surface area contributed by atoms with Gasteiger partial charge in [0.1, 0.15) is 22.4 Å². The highest BCUT2D eigenvalue weighted by atomic mass is 32.1. The van der Waals surface area contributed by atoms with Gasteiger partial charge >= 0.3 is 0 Å². The van der Waals surface area contributed by atoms with E-state index in [1.165, 1.54) is 16.9 Å². The van der Waals surface area contributed by atoms with Gasteiger partial charge in [-0.15, -0.1) is 5.10 Å². The average molecular weight is 535 g/mol. The Morgan fingerprint density at radius 3 is 2.65 bits per heavy atom. The van der Waals surface area contributed by atoms with Crippen LogP contribution in [0.15, 0.2) is 24.3 Å². The molecule has 0 amide bonds. The monoisotopic (exact) mass is 534 g/mol. The number of aryl methyl sites for hydroxylation is 2. The zero-order valence-corrected chi connectivity index (χ0v) is 23.4. The van der Waals surface area contributed by atoms with Gasteiger partial charge in [-0.3, -0.25) is 9.69 Å². The predicted octanol–water partition coefficient (Wildman–Crippen LogP) is 4.52. The molecular formula is C26H30N8OS2. The number of thiazole rings is 1. The van der Waals surface area contributed by atoms with Crippen molar-refractivity contribution in [2.45, 2.75) is 39.7 Å². The van der Waals surface area contributed by atoms with E-state index in [-0.39, 0.29) is 5.78 Å². The third kappa shape index (κ3) is 4.84. The highest BCUT2D eigenvalue weighted by Gasteiger charge is 2.30. The van der Waals surface area contributed by atoms with Gasteiger partial charge in [0.05, 0.1) is 12.2 Å². The molecule has 192 valence electrons. The minimum atomic E-state index is 0.181. The largest absolute Gasteiger partial charge is 0.345 e. The van der Waals surface area contributed by atoms with E-state index in [4.69, 9.17) is 15.1 Å². The molecule has 11 heteroatoms. The van der Waals surface area contributed by atoms with Crippen LogP contribution in [-0.2, 0) is 11.2 Å². The van der Waals surface area contributed by atoms with Crippen molar-refractivity contribution in [1.82, 2.24) is 24.5 Å². The van der Waals surface area contributed by atoms with Crippen molar-refractivity contribution in [1.29, 1.82) is 5.26 Å². The number of hydrogen-bond acceptors (Lipinski definition) is 10. The van der Waals surface area contributed by atoms with Crippen LogP contribution in [0.3, 0.4) is 0 Å². The zero-order chi connectivity index (χ0) is 26.3. The van der Waals surface area contributed by atoms with Gasteiger partial charge in [-0.1, -0.05) is 59.4 Å². The molecule has 1 aliphatic heterocycles. The normalized spacial score (nSPS) is 15.6. The molecule has 4 aromatic rings. The first kappa shape index (κ1) is 25.3. The Hall–Kier alpha value is -3.33. The van der Waals surface area contributed by atoms with Gasteiger partial charge < -0.3 is 9.80 Å². The fourth-order valence-corrected chi connectivity index (χ4v) is 6.55. The maximum Gasteiger partial charge on any atom is 0.216 e. The van der Waals surface area contributed by atoms with Gasteiger partial charge in [-0.2, -0.15) is 9.78 Å². The van der Waals surface area contributed by atoms with Crippen molar-refractivity contribution in [2.75, 3.05) is 43.5 Å². The average Bonchev–Trinajstić information content (AvgIpc) is 3.65. The number of aromatic nitrogens is 4. The third-order valence-electron chi connectivity index (χ3n) is 6.75. The lowest BCUT2D eigenvalue weighted by atomic mass is 10.1.